The van der Waals surface area contributed by atoms with Gasteiger partial charge in [-0.05, 0) is 37.6 Å². The van der Waals surface area contributed by atoms with Crippen LogP contribution in [0.5, 0.6) is 0 Å². The van der Waals surface area contributed by atoms with Gasteiger partial charge in [-0.15, -0.1) is 11.3 Å². The molecule has 0 bridgehead atoms. The SMILES string of the molecule is CCN(CC(=O)O)C1CC(NC(=O)c2csc(-c3ccc(F)c(F)c3)n2)C1. The minimum absolute atomic E-state index is 0.00842. The van der Waals surface area contributed by atoms with Crippen LogP contribution in [0.3, 0.4) is 0 Å². The fraction of sp³-hybridized carbons (Fsp3) is 0.389. The van der Waals surface area contributed by atoms with Crippen LogP contribution in [0, 0.1) is 11.6 Å². The number of aromatic nitrogens is 1. The summed E-state index contributed by atoms with van der Waals surface area (Å²) < 4.78 is 26.4. The van der Waals surface area contributed by atoms with E-state index in [9.17, 15) is 18.4 Å². The number of thiazole rings is 1. The fourth-order valence-corrected chi connectivity index (χ4v) is 3.87. The van der Waals surface area contributed by atoms with Gasteiger partial charge < -0.3 is 10.4 Å². The number of carboxylic acid groups (broad SMARTS) is 1. The van der Waals surface area contributed by atoms with Gasteiger partial charge in [0.05, 0.1) is 6.54 Å². The molecule has 1 fully saturated rings. The molecule has 3 rings (SSSR count). The summed E-state index contributed by atoms with van der Waals surface area (Å²) in [6.45, 7) is 2.54. The number of benzene rings is 1. The molecule has 9 heteroatoms. The number of hydrogen-bond acceptors (Lipinski definition) is 5. The van der Waals surface area contributed by atoms with Crippen LogP contribution in [0.25, 0.3) is 10.6 Å². The lowest BCUT2D eigenvalue weighted by atomic mass is 9.85. The zero-order valence-electron chi connectivity index (χ0n) is 14.6. The van der Waals surface area contributed by atoms with Crippen molar-refractivity contribution in [3.8, 4) is 10.6 Å². The van der Waals surface area contributed by atoms with Crippen molar-refractivity contribution >= 4 is 23.2 Å². The molecule has 1 aromatic carbocycles. The first-order chi connectivity index (χ1) is 12.9. The topological polar surface area (TPSA) is 82.5 Å². The van der Waals surface area contributed by atoms with E-state index < -0.39 is 17.6 Å². The molecule has 144 valence electrons. The van der Waals surface area contributed by atoms with E-state index in [0.29, 0.717) is 30.0 Å². The largest absolute Gasteiger partial charge is 0.480 e. The van der Waals surface area contributed by atoms with Gasteiger partial charge in [0.2, 0.25) is 0 Å². The van der Waals surface area contributed by atoms with Gasteiger partial charge in [-0.3, -0.25) is 14.5 Å². The van der Waals surface area contributed by atoms with E-state index in [0.717, 1.165) is 12.1 Å². The molecule has 27 heavy (non-hydrogen) atoms. The second-order valence-electron chi connectivity index (χ2n) is 6.42. The highest BCUT2D eigenvalue weighted by Crippen LogP contribution is 2.27. The monoisotopic (exact) mass is 395 g/mol. The molecule has 0 radical (unpaired) electrons. The third kappa shape index (κ3) is 4.48. The van der Waals surface area contributed by atoms with Crippen molar-refractivity contribution < 1.29 is 23.5 Å². The number of halogens is 2. The third-order valence-corrected chi connectivity index (χ3v) is 5.50. The smallest absolute Gasteiger partial charge is 0.317 e. The van der Waals surface area contributed by atoms with E-state index in [4.69, 9.17) is 5.11 Å². The standard InChI is InChI=1S/C18H19F2N3O3S/c1-2-23(8-16(24)25)12-6-11(7-12)21-17(26)15-9-27-18(22-15)10-3-4-13(19)14(20)5-10/h3-5,9,11-12H,2,6-8H2,1H3,(H,21,26)(H,24,25). The molecule has 2 aromatic rings. The van der Waals surface area contributed by atoms with Crippen LogP contribution in [0.15, 0.2) is 23.6 Å². The number of aliphatic carboxylic acids is 1. The Balaban J connectivity index is 1.56. The number of hydrogen-bond donors (Lipinski definition) is 2. The zero-order valence-corrected chi connectivity index (χ0v) is 15.4. The second kappa shape index (κ2) is 8.10. The summed E-state index contributed by atoms with van der Waals surface area (Å²) in [7, 11) is 0. The van der Waals surface area contributed by atoms with Gasteiger partial charge >= 0.3 is 5.97 Å². The molecule has 0 spiro atoms. The van der Waals surface area contributed by atoms with Gasteiger partial charge in [0, 0.05) is 23.0 Å². The number of rotatable bonds is 7. The quantitative estimate of drug-likeness (QED) is 0.753. The number of likely N-dealkylation sites (N-methyl/N-ethyl adjacent to an activating group) is 1. The Bertz CT molecular complexity index is 852. The molecule has 0 atom stereocenters. The van der Waals surface area contributed by atoms with Crippen molar-refractivity contribution in [3.63, 3.8) is 0 Å². The molecule has 0 saturated heterocycles. The number of carboxylic acids is 1. The molecule has 6 nitrogen and oxygen atoms in total. The maximum absolute atomic E-state index is 13.3. The minimum atomic E-state index is -0.962. The van der Waals surface area contributed by atoms with Crippen LogP contribution < -0.4 is 5.32 Å². The van der Waals surface area contributed by atoms with Crippen molar-refractivity contribution in [2.24, 2.45) is 0 Å². The average molecular weight is 395 g/mol. The van der Waals surface area contributed by atoms with E-state index in [1.807, 2.05) is 11.8 Å². The molecule has 1 saturated carbocycles. The van der Waals surface area contributed by atoms with Crippen molar-refractivity contribution in [2.45, 2.75) is 31.8 Å². The Hall–Kier alpha value is -2.39. The summed E-state index contributed by atoms with van der Waals surface area (Å²) in [6.07, 6.45) is 1.38. The first kappa shape index (κ1) is 19.4. The molecule has 0 aliphatic heterocycles. The van der Waals surface area contributed by atoms with Gasteiger partial charge in [-0.25, -0.2) is 13.8 Å². The van der Waals surface area contributed by atoms with E-state index in [1.54, 1.807) is 5.38 Å². The van der Waals surface area contributed by atoms with Crippen molar-refractivity contribution in [2.75, 3.05) is 13.1 Å². The summed E-state index contributed by atoms with van der Waals surface area (Å²) in [5.74, 6) is -3.09. The van der Waals surface area contributed by atoms with Crippen LogP contribution >= 0.6 is 11.3 Å². The minimum Gasteiger partial charge on any atom is -0.480 e. The molecule has 0 unspecified atom stereocenters. The lowest BCUT2D eigenvalue weighted by Gasteiger charge is -2.42. The van der Waals surface area contributed by atoms with Gasteiger partial charge in [-0.1, -0.05) is 6.92 Å². The summed E-state index contributed by atoms with van der Waals surface area (Å²) >= 11 is 1.18. The number of nitrogens with zero attached hydrogens (tertiary/aromatic N) is 2. The van der Waals surface area contributed by atoms with Crippen LogP contribution in [-0.2, 0) is 4.79 Å². The predicted octanol–water partition coefficient (Wildman–Crippen LogP) is 2.76. The van der Waals surface area contributed by atoms with Crippen molar-refractivity contribution in [3.05, 3.63) is 40.9 Å². The average Bonchev–Trinajstić information content (AvgIpc) is 3.08. The summed E-state index contributed by atoms with van der Waals surface area (Å²) in [6, 6.07) is 3.60. The zero-order chi connectivity index (χ0) is 19.6. The van der Waals surface area contributed by atoms with Gasteiger partial charge in [0.15, 0.2) is 11.6 Å². The number of carbonyl (C=O) groups excluding carboxylic acids is 1. The Morgan fingerprint density at radius 3 is 2.70 bits per heavy atom. The van der Waals surface area contributed by atoms with Gasteiger partial charge in [-0.2, -0.15) is 0 Å². The van der Waals surface area contributed by atoms with E-state index in [-0.39, 0.29) is 30.2 Å². The Morgan fingerprint density at radius 1 is 1.33 bits per heavy atom. The van der Waals surface area contributed by atoms with E-state index in [2.05, 4.69) is 10.3 Å². The first-order valence-corrected chi connectivity index (χ1v) is 9.43. The summed E-state index contributed by atoms with van der Waals surface area (Å²) in [5.41, 5.74) is 0.634. The lowest BCUT2D eigenvalue weighted by Crippen LogP contribution is -2.54. The molecule has 1 aliphatic carbocycles. The van der Waals surface area contributed by atoms with Crippen LogP contribution in [0.2, 0.25) is 0 Å². The molecule has 1 amide bonds. The van der Waals surface area contributed by atoms with Gasteiger partial charge in [0.25, 0.3) is 5.91 Å². The lowest BCUT2D eigenvalue weighted by molar-refractivity contribution is -0.139. The molecule has 1 heterocycles. The predicted molar refractivity (Wildman–Crippen MR) is 96.6 cm³/mol. The van der Waals surface area contributed by atoms with E-state index in [1.165, 1.54) is 17.4 Å². The third-order valence-electron chi connectivity index (χ3n) is 4.61. The van der Waals surface area contributed by atoms with Crippen molar-refractivity contribution in [1.29, 1.82) is 0 Å². The highest BCUT2D eigenvalue weighted by atomic mass is 32.1. The van der Waals surface area contributed by atoms with Crippen LogP contribution in [0.1, 0.15) is 30.3 Å². The Labute approximate surface area is 158 Å². The maximum atomic E-state index is 13.3. The molecule has 2 N–H and O–H groups in total. The highest BCUT2D eigenvalue weighted by molar-refractivity contribution is 7.13. The van der Waals surface area contributed by atoms with Crippen LogP contribution in [0.4, 0.5) is 8.78 Å². The Morgan fingerprint density at radius 2 is 2.07 bits per heavy atom. The molecule has 1 aliphatic rings. The summed E-state index contributed by atoms with van der Waals surface area (Å²) in [4.78, 5) is 29.3. The normalized spacial score (nSPS) is 19.0. The number of carbonyl (C=O) groups is 2. The molecular weight excluding hydrogens is 376 g/mol. The molecular formula is C18H19F2N3O3S. The van der Waals surface area contributed by atoms with Crippen molar-refractivity contribution in [1.82, 2.24) is 15.2 Å². The number of amides is 1. The number of nitrogens with one attached hydrogen (secondary N) is 1. The molecule has 1 aromatic heterocycles. The summed E-state index contributed by atoms with van der Waals surface area (Å²) in [5, 5.41) is 13.8. The highest BCUT2D eigenvalue weighted by Gasteiger charge is 2.35. The first-order valence-electron chi connectivity index (χ1n) is 8.55. The Kier molecular flexibility index (Phi) is 5.81. The second-order valence-corrected chi connectivity index (χ2v) is 7.28. The van der Waals surface area contributed by atoms with Crippen LogP contribution in [-0.4, -0.2) is 52.0 Å². The van der Waals surface area contributed by atoms with E-state index >= 15 is 0 Å². The van der Waals surface area contributed by atoms with Gasteiger partial charge in [0.1, 0.15) is 10.7 Å². The maximum Gasteiger partial charge on any atom is 0.317 e. The fourth-order valence-electron chi connectivity index (χ4n) is 3.08.